The number of likely N-dealkylation sites (tertiary alicyclic amines) is 1. The molecular weight excluding hydrogens is 350 g/mol. The van der Waals surface area contributed by atoms with Crippen LogP contribution in [0.25, 0.3) is 0 Å². The summed E-state index contributed by atoms with van der Waals surface area (Å²) in [6, 6.07) is 5.47. The normalized spacial score (nSPS) is 17.6. The van der Waals surface area contributed by atoms with E-state index in [0.29, 0.717) is 17.9 Å². The molecule has 27 heavy (non-hydrogen) atoms. The lowest BCUT2D eigenvalue weighted by atomic mass is 9.93. The van der Waals surface area contributed by atoms with E-state index in [0.717, 1.165) is 56.9 Å². The van der Waals surface area contributed by atoms with Crippen molar-refractivity contribution in [3.05, 3.63) is 59.7 Å². The molecule has 1 saturated heterocycles. The van der Waals surface area contributed by atoms with Gasteiger partial charge < -0.3 is 5.32 Å². The molecule has 3 rings (SSSR count). The van der Waals surface area contributed by atoms with Gasteiger partial charge in [0.25, 0.3) is 0 Å². The van der Waals surface area contributed by atoms with Gasteiger partial charge in [0.1, 0.15) is 5.82 Å². The van der Waals surface area contributed by atoms with Crippen molar-refractivity contribution in [2.24, 2.45) is 5.92 Å². The number of rotatable bonds is 7. The summed E-state index contributed by atoms with van der Waals surface area (Å²) in [4.78, 5) is 22.9. The summed E-state index contributed by atoms with van der Waals surface area (Å²) in [5, 5.41) is 2.77. The summed E-state index contributed by atoms with van der Waals surface area (Å²) in [6.45, 7) is 2.91. The fourth-order valence-corrected chi connectivity index (χ4v) is 3.42. The molecule has 1 aliphatic heterocycles. The molecule has 0 spiro atoms. The summed E-state index contributed by atoms with van der Waals surface area (Å²) in [6.07, 6.45) is 6.97. The molecule has 1 aromatic heterocycles. The van der Waals surface area contributed by atoms with Crippen LogP contribution in [0.5, 0.6) is 0 Å². The second-order valence-electron chi connectivity index (χ2n) is 6.97. The molecule has 0 radical (unpaired) electrons. The highest BCUT2D eigenvalue weighted by molar-refractivity contribution is 5.75. The SMILES string of the molecule is O=C(CCC1CCCN(Cc2ncccn2)C1)NCc1ccc(F)c(F)c1. The Kier molecular flexibility index (Phi) is 6.81. The second-order valence-corrected chi connectivity index (χ2v) is 6.97. The lowest BCUT2D eigenvalue weighted by Crippen LogP contribution is -2.36. The van der Waals surface area contributed by atoms with E-state index in [4.69, 9.17) is 0 Å². The van der Waals surface area contributed by atoms with Crippen molar-refractivity contribution < 1.29 is 13.6 Å². The number of nitrogens with zero attached hydrogens (tertiary/aromatic N) is 3. The molecule has 1 unspecified atom stereocenters. The van der Waals surface area contributed by atoms with Gasteiger partial charge in [0.15, 0.2) is 11.6 Å². The Labute approximate surface area is 157 Å². The molecule has 1 atom stereocenters. The average molecular weight is 374 g/mol. The van der Waals surface area contributed by atoms with Crippen molar-refractivity contribution in [1.29, 1.82) is 0 Å². The van der Waals surface area contributed by atoms with Crippen LogP contribution in [0, 0.1) is 17.6 Å². The Hall–Kier alpha value is -2.41. The van der Waals surface area contributed by atoms with Crippen molar-refractivity contribution in [1.82, 2.24) is 20.2 Å². The Balaban J connectivity index is 1.39. The number of hydrogen-bond acceptors (Lipinski definition) is 4. The van der Waals surface area contributed by atoms with Gasteiger partial charge in [-0.05, 0) is 55.5 Å². The molecule has 1 aliphatic rings. The van der Waals surface area contributed by atoms with Crippen LogP contribution in [-0.4, -0.2) is 33.9 Å². The molecule has 1 aromatic carbocycles. The summed E-state index contributed by atoms with van der Waals surface area (Å²) >= 11 is 0. The first-order valence-corrected chi connectivity index (χ1v) is 9.29. The summed E-state index contributed by atoms with van der Waals surface area (Å²) in [5.41, 5.74) is 0.550. The van der Waals surface area contributed by atoms with Crippen molar-refractivity contribution in [2.75, 3.05) is 13.1 Å². The van der Waals surface area contributed by atoms with E-state index in [1.165, 1.54) is 6.07 Å². The molecule has 7 heteroatoms. The van der Waals surface area contributed by atoms with Crippen molar-refractivity contribution in [2.45, 2.75) is 38.8 Å². The van der Waals surface area contributed by atoms with E-state index < -0.39 is 11.6 Å². The first-order chi connectivity index (χ1) is 13.1. The first kappa shape index (κ1) is 19.4. The van der Waals surface area contributed by atoms with Crippen molar-refractivity contribution in [3.8, 4) is 0 Å². The highest BCUT2D eigenvalue weighted by Gasteiger charge is 2.21. The number of piperidine rings is 1. The highest BCUT2D eigenvalue weighted by Crippen LogP contribution is 2.22. The maximum atomic E-state index is 13.2. The van der Waals surface area contributed by atoms with Crippen LogP contribution in [0.4, 0.5) is 8.78 Å². The molecule has 0 aliphatic carbocycles. The standard InChI is InChI=1S/C20H24F2N4O/c21-17-6-4-16(11-18(17)22)12-25-20(27)7-5-15-3-1-10-26(13-15)14-19-23-8-2-9-24-19/h2,4,6,8-9,11,15H,1,3,5,7,10,12-14H2,(H,25,27). The average Bonchev–Trinajstić information content (AvgIpc) is 2.68. The van der Waals surface area contributed by atoms with Crippen LogP contribution in [0.3, 0.4) is 0 Å². The van der Waals surface area contributed by atoms with Gasteiger partial charge in [0.05, 0.1) is 6.54 Å². The Morgan fingerprint density at radius 3 is 2.81 bits per heavy atom. The third kappa shape index (κ3) is 6.06. The number of amides is 1. The molecule has 144 valence electrons. The zero-order valence-corrected chi connectivity index (χ0v) is 15.2. The molecule has 2 heterocycles. The first-order valence-electron chi connectivity index (χ1n) is 9.29. The predicted molar refractivity (Wildman–Crippen MR) is 97.5 cm³/mol. The van der Waals surface area contributed by atoms with E-state index in [-0.39, 0.29) is 12.5 Å². The maximum Gasteiger partial charge on any atom is 0.220 e. The van der Waals surface area contributed by atoms with Crippen LogP contribution in [-0.2, 0) is 17.9 Å². The molecule has 2 aromatic rings. The summed E-state index contributed by atoms with van der Waals surface area (Å²) in [7, 11) is 0. The minimum absolute atomic E-state index is 0.0664. The third-order valence-electron chi connectivity index (χ3n) is 4.84. The number of nitrogens with one attached hydrogen (secondary N) is 1. The summed E-state index contributed by atoms with van der Waals surface area (Å²) in [5.74, 6) is -0.554. The predicted octanol–water partition coefficient (Wildman–Crippen LogP) is 3.06. The lowest BCUT2D eigenvalue weighted by Gasteiger charge is -2.32. The zero-order chi connectivity index (χ0) is 19.1. The third-order valence-corrected chi connectivity index (χ3v) is 4.84. The maximum absolute atomic E-state index is 13.2. The van der Waals surface area contributed by atoms with E-state index in [1.54, 1.807) is 18.5 Å². The van der Waals surface area contributed by atoms with Crippen molar-refractivity contribution in [3.63, 3.8) is 0 Å². The molecule has 1 fully saturated rings. The van der Waals surface area contributed by atoms with Gasteiger partial charge in [0, 0.05) is 31.9 Å². The van der Waals surface area contributed by atoms with Crippen LogP contribution in [0.15, 0.2) is 36.7 Å². The van der Waals surface area contributed by atoms with E-state index >= 15 is 0 Å². The monoisotopic (exact) mass is 374 g/mol. The van der Waals surface area contributed by atoms with E-state index in [1.807, 2.05) is 0 Å². The molecule has 5 nitrogen and oxygen atoms in total. The second kappa shape index (κ2) is 9.50. The minimum atomic E-state index is -0.897. The summed E-state index contributed by atoms with van der Waals surface area (Å²) < 4.78 is 26.1. The smallest absolute Gasteiger partial charge is 0.220 e. The van der Waals surface area contributed by atoms with Crippen LogP contribution in [0.2, 0.25) is 0 Å². The lowest BCUT2D eigenvalue weighted by molar-refractivity contribution is -0.121. The number of carbonyl (C=O) groups is 1. The largest absolute Gasteiger partial charge is 0.352 e. The number of benzene rings is 1. The molecule has 0 bridgehead atoms. The van der Waals surface area contributed by atoms with E-state index in [2.05, 4.69) is 20.2 Å². The molecule has 1 amide bonds. The Morgan fingerprint density at radius 1 is 1.22 bits per heavy atom. The minimum Gasteiger partial charge on any atom is -0.352 e. The number of halogens is 2. The fraction of sp³-hybridized carbons (Fsp3) is 0.450. The van der Waals surface area contributed by atoms with E-state index in [9.17, 15) is 13.6 Å². The molecule has 1 N–H and O–H groups in total. The fourth-order valence-electron chi connectivity index (χ4n) is 3.42. The zero-order valence-electron chi connectivity index (χ0n) is 15.2. The van der Waals surface area contributed by atoms with Crippen LogP contribution in [0.1, 0.15) is 37.1 Å². The molecular formula is C20H24F2N4O. The molecule has 0 saturated carbocycles. The van der Waals surface area contributed by atoms with Gasteiger partial charge >= 0.3 is 0 Å². The van der Waals surface area contributed by atoms with Gasteiger partial charge in [-0.25, -0.2) is 18.7 Å². The number of hydrogen-bond donors (Lipinski definition) is 1. The van der Waals surface area contributed by atoms with Gasteiger partial charge in [0.2, 0.25) is 5.91 Å². The number of aromatic nitrogens is 2. The van der Waals surface area contributed by atoms with Gasteiger partial charge in [-0.1, -0.05) is 6.07 Å². The Morgan fingerprint density at radius 2 is 2.04 bits per heavy atom. The van der Waals surface area contributed by atoms with Crippen LogP contribution < -0.4 is 5.32 Å². The van der Waals surface area contributed by atoms with Gasteiger partial charge in [-0.3, -0.25) is 9.69 Å². The quantitative estimate of drug-likeness (QED) is 0.809. The Bertz CT molecular complexity index is 757. The highest BCUT2D eigenvalue weighted by atomic mass is 19.2. The van der Waals surface area contributed by atoms with Gasteiger partial charge in [-0.2, -0.15) is 0 Å². The van der Waals surface area contributed by atoms with Crippen molar-refractivity contribution >= 4 is 5.91 Å². The topological polar surface area (TPSA) is 58.1 Å². The van der Waals surface area contributed by atoms with Gasteiger partial charge in [-0.15, -0.1) is 0 Å². The number of carbonyl (C=O) groups excluding carboxylic acids is 1. The van der Waals surface area contributed by atoms with Crippen LogP contribution >= 0.6 is 0 Å².